The minimum atomic E-state index is -0.361. The highest BCUT2D eigenvalue weighted by atomic mass is 35.5. The molecular weight excluding hydrogens is 512 g/mol. The molecule has 0 bridgehead atoms. The van der Waals surface area contributed by atoms with Gasteiger partial charge in [-0.3, -0.25) is 14.3 Å². The second kappa shape index (κ2) is 11.3. The van der Waals surface area contributed by atoms with Crippen LogP contribution in [0, 0.1) is 13.8 Å². The first kappa shape index (κ1) is 26.6. The van der Waals surface area contributed by atoms with Crippen LogP contribution in [0.5, 0.6) is 5.75 Å². The molecule has 4 aromatic rings. The second-order valence-corrected chi connectivity index (χ2v) is 9.88. The van der Waals surface area contributed by atoms with Gasteiger partial charge in [0, 0.05) is 18.6 Å². The molecule has 0 spiro atoms. The zero-order valence-electron chi connectivity index (χ0n) is 21.4. The number of aromatic nitrogens is 5. The van der Waals surface area contributed by atoms with Gasteiger partial charge in [-0.15, -0.1) is 10.2 Å². The van der Waals surface area contributed by atoms with Gasteiger partial charge in [0.05, 0.1) is 17.1 Å². The molecule has 0 saturated heterocycles. The van der Waals surface area contributed by atoms with Gasteiger partial charge in [-0.1, -0.05) is 41.6 Å². The van der Waals surface area contributed by atoms with Crippen LogP contribution < -0.4 is 15.6 Å². The number of aryl methyl sites for hydroxylation is 1. The molecule has 0 aliphatic carbocycles. The molecule has 1 amide bonds. The summed E-state index contributed by atoms with van der Waals surface area (Å²) in [6.07, 6.45) is -0.361. The fraction of sp³-hybridized carbons (Fsp3) is 0.308. The second-order valence-electron chi connectivity index (χ2n) is 8.53. The zero-order chi connectivity index (χ0) is 26.7. The van der Waals surface area contributed by atoms with Crippen LogP contribution in [0.1, 0.15) is 37.0 Å². The monoisotopic (exact) mass is 540 g/mol. The highest BCUT2D eigenvalue weighted by molar-refractivity contribution is 7.99. The van der Waals surface area contributed by atoms with E-state index in [1.807, 2.05) is 67.8 Å². The van der Waals surface area contributed by atoms with E-state index in [1.54, 1.807) is 24.7 Å². The molecule has 2 aromatic carbocycles. The Labute approximate surface area is 224 Å². The zero-order valence-corrected chi connectivity index (χ0v) is 22.9. The third-order valence-corrected chi connectivity index (χ3v) is 7.41. The van der Waals surface area contributed by atoms with Crippen molar-refractivity contribution in [1.29, 1.82) is 0 Å². The van der Waals surface area contributed by atoms with Crippen LogP contribution in [0.3, 0.4) is 0 Å². The quantitative estimate of drug-likeness (QED) is 0.302. The number of ether oxygens (including phenoxy) is 1. The molecule has 0 aliphatic rings. The molecule has 2 aromatic heterocycles. The number of amides is 1. The summed E-state index contributed by atoms with van der Waals surface area (Å²) < 4.78 is 11.2. The molecule has 9 nitrogen and oxygen atoms in total. The van der Waals surface area contributed by atoms with E-state index in [0.29, 0.717) is 34.0 Å². The van der Waals surface area contributed by atoms with Gasteiger partial charge in [0.15, 0.2) is 17.1 Å². The van der Waals surface area contributed by atoms with Crippen LogP contribution in [-0.4, -0.2) is 35.8 Å². The number of anilines is 1. The molecule has 0 radical (unpaired) electrons. The number of hydrogen-bond donors (Lipinski definition) is 1. The minimum absolute atomic E-state index is 0.0723. The molecular formula is C26H29ClN6O3S. The predicted octanol–water partition coefficient (Wildman–Crippen LogP) is 4.93. The van der Waals surface area contributed by atoms with Crippen molar-refractivity contribution < 1.29 is 9.53 Å². The number of carbonyl (C=O) groups excluding carboxylic acids is 1. The summed E-state index contributed by atoms with van der Waals surface area (Å²) in [6.45, 7) is 8.21. The van der Waals surface area contributed by atoms with Crippen LogP contribution in [0.2, 0.25) is 5.02 Å². The number of halogens is 1. The van der Waals surface area contributed by atoms with Crippen molar-refractivity contribution >= 4 is 35.0 Å². The van der Waals surface area contributed by atoms with Crippen molar-refractivity contribution in [1.82, 2.24) is 24.1 Å². The summed E-state index contributed by atoms with van der Waals surface area (Å²) in [5.41, 5.74) is 2.29. The van der Waals surface area contributed by atoms with Crippen LogP contribution in [0.4, 0.5) is 5.69 Å². The average Bonchev–Trinajstić information content (AvgIpc) is 3.39. The van der Waals surface area contributed by atoms with Gasteiger partial charge in [0.1, 0.15) is 11.4 Å². The number of nitrogens with one attached hydrogen (secondary N) is 1. The number of nitrogens with zero attached hydrogens (tertiary/aromatic N) is 5. The van der Waals surface area contributed by atoms with Crippen LogP contribution in [-0.2, 0) is 18.4 Å². The summed E-state index contributed by atoms with van der Waals surface area (Å²) >= 11 is 7.37. The van der Waals surface area contributed by atoms with E-state index >= 15 is 0 Å². The van der Waals surface area contributed by atoms with Crippen LogP contribution in [0.15, 0.2) is 58.5 Å². The van der Waals surface area contributed by atoms with Gasteiger partial charge in [-0.25, -0.2) is 4.68 Å². The molecule has 37 heavy (non-hydrogen) atoms. The van der Waals surface area contributed by atoms with Gasteiger partial charge < -0.3 is 14.6 Å². The van der Waals surface area contributed by atoms with Crippen LogP contribution >= 0.6 is 23.4 Å². The van der Waals surface area contributed by atoms with Crippen molar-refractivity contribution in [3.8, 4) is 11.4 Å². The van der Waals surface area contributed by atoms with E-state index < -0.39 is 0 Å². The van der Waals surface area contributed by atoms with E-state index in [-0.39, 0.29) is 29.0 Å². The lowest BCUT2D eigenvalue weighted by Gasteiger charge is -2.16. The molecule has 4 rings (SSSR count). The van der Waals surface area contributed by atoms with E-state index in [9.17, 15) is 9.59 Å². The Kier molecular flexibility index (Phi) is 8.09. The summed E-state index contributed by atoms with van der Waals surface area (Å²) in [6, 6.07) is 14.8. The maximum Gasteiger partial charge on any atom is 0.295 e. The van der Waals surface area contributed by atoms with Crippen LogP contribution in [0.25, 0.3) is 5.69 Å². The van der Waals surface area contributed by atoms with Gasteiger partial charge >= 0.3 is 0 Å². The highest BCUT2D eigenvalue weighted by Crippen LogP contribution is 2.27. The standard InChI is InChI=1S/C26H29ClN6O3S/c1-6-32-24(18(4)36-20-12-13-21(27)16(2)14-20)29-30-26(32)37-15-22(34)28-23-17(3)31(5)33(25(23)35)19-10-8-7-9-11-19/h7-14,18H,6,15H2,1-5H3,(H,28,34). The fourth-order valence-electron chi connectivity index (χ4n) is 3.97. The molecule has 1 atom stereocenters. The first-order valence-electron chi connectivity index (χ1n) is 11.8. The number of thioether (sulfide) groups is 1. The largest absolute Gasteiger partial charge is 0.483 e. The van der Waals surface area contributed by atoms with E-state index in [0.717, 1.165) is 11.3 Å². The summed E-state index contributed by atoms with van der Waals surface area (Å²) in [7, 11) is 1.79. The smallest absolute Gasteiger partial charge is 0.295 e. The van der Waals surface area contributed by atoms with Crippen molar-refractivity contribution in [3.05, 3.63) is 81.0 Å². The maximum absolute atomic E-state index is 13.1. The number of para-hydroxylation sites is 1. The molecule has 0 saturated carbocycles. The van der Waals surface area contributed by atoms with Crippen molar-refractivity contribution in [2.24, 2.45) is 7.05 Å². The Morgan fingerprint density at radius 2 is 1.89 bits per heavy atom. The number of benzene rings is 2. The molecule has 1 unspecified atom stereocenters. The maximum atomic E-state index is 13.1. The van der Waals surface area contributed by atoms with Gasteiger partial charge in [-0.05, 0) is 63.6 Å². The lowest BCUT2D eigenvalue weighted by atomic mass is 10.2. The Hall–Kier alpha value is -3.50. The Balaban J connectivity index is 1.45. The van der Waals surface area contributed by atoms with Gasteiger partial charge in [0.2, 0.25) is 5.91 Å². The summed E-state index contributed by atoms with van der Waals surface area (Å²) in [4.78, 5) is 25.9. The van der Waals surface area contributed by atoms with E-state index in [4.69, 9.17) is 16.3 Å². The third kappa shape index (κ3) is 5.60. The molecule has 11 heteroatoms. The first-order chi connectivity index (χ1) is 17.7. The van der Waals surface area contributed by atoms with Gasteiger partial charge in [0.25, 0.3) is 5.56 Å². The Morgan fingerprint density at radius 1 is 1.16 bits per heavy atom. The summed E-state index contributed by atoms with van der Waals surface area (Å²) in [5.74, 6) is 1.11. The summed E-state index contributed by atoms with van der Waals surface area (Å²) in [5, 5.41) is 12.7. The molecule has 194 valence electrons. The average molecular weight is 541 g/mol. The van der Waals surface area contributed by atoms with Crippen molar-refractivity contribution in [3.63, 3.8) is 0 Å². The molecule has 0 aliphatic heterocycles. The third-order valence-electron chi connectivity index (χ3n) is 6.02. The number of rotatable bonds is 9. The topological polar surface area (TPSA) is 96.0 Å². The van der Waals surface area contributed by atoms with E-state index in [1.165, 1.54) is 16.4 Å². The molecule has 0 fully saturated rings. The minimum Gasteiger partial charge on any atom is -0.483 e. The Morgan fingerprint density at radius 3 is 2.57 bits per heavy atom. The fourth-order valence-corrected chi connectivity index (χ4v) is 4.90. The van der Waals surface area contributed by atoms with E-state index in [2.05, 4.69) is 15.5 Å². The first-order valence-corrected chi connectivity index (χ1v) is 13.2. The van der Waals surface area contributed by atoms with Gasteiger partial charge in [-0.2, -0.15) is 0 Å². The highest BCUT2D eigenvalue weighted by Gasteiger charge is 2.21. The molecule has 2 heterocycles. The molecule has 1 N–H and O–H groups in total. The number of hydrogen-bond acceptors (Lipinski definition) is 6. The normalized spacial score (nSPS) is 11.9. The van der Waals surface area contributed by atoms with Crippen molar-refractivity contribution in [2.45, 2.75) is 45.5 Å². The SMILES string of the molecule is CCn1c(SCC(=O)Nc2c(C)n(C)n(-c3ccccc3)c2=O)nnc1C(C)Oc1ccc(Cl)c(C)c1. The Bertz CT molecular complexity index is 1480. The number of carbonyl (C=O) groups is 1. The lowest BCUT2D eigenvalue weighted by molar-refractivity contribution is -0.113. The van der Waals surface area contributed by atoms with Crippen molar-refractivity contribution in [2.75, 3.05) is 11.1 Å². The lowest BCUT2D eigenvalue weighted by Crippen LogP contribution is -2.23. The predicted molar refractivity (Wildman–Crippen MR) is 146 cm³/mol.